The Kier molecular flexibility index (Phi) is 5.72. The summed E-state index contributed by atoms with van der Waals surface area (Å²) in [6.45, 7) is 4.93. The summed E-state index contributed by atoms with van der Waals surface area (Å²) in [5.74, 6) is 1.18. The van der Waals surface area contributed by atoms with Crippen molar-refractivity contribution >= 4 is 38.5 Å². The lowest BCUT2D eigenvalue weighted by molar-refractivity contribution is -0.117. The number of fused-ring (bicyclic) bond motifs is 1. The first-order valence-corrected chi connectivity index (χ1v) is 12.0. The molecule has 1 atom stereocenters. The predicted octanol–water partition coefficient (Wildman–Crippen LogP) is 5.54. The zero-order valence-electron chi connectivity index (χ0n) is 18.7. The third-order valence-corrected chi connectivity index (χ3v) is 7.26. The molecule has 2 aromatic heterocycles. The zero-order chi connectivity index (χ0) is 22.8. The van der Waals surface area contributed by atoms with E-state index in [4.69, 9.17) is 4.74 Å². The van der Waals surface area contributed by atoms with Crippen LogP contribution in [0.4, 0.5) is 0 Å². The molecular formula is C26H26N4O2S. The standard InChI is InChI=1S/C26H26N4O2S/c1-3-4-13-32-19-11-9-18(10-12-19)26(2)15-20(22-14-17-7-5-6-8-21(17)33-22)23(25(31)29-26)24-27-16-28-30-24/h5-12,14,16H,3-4,13,15H2,1-2H3,(H,29,31)(H,27,28,30)/t26-/m0/s1. The molecule has 168 valence electrons. The Morgan fingerprint density at radius 2 is 1.97 bits per heavy atom. The van der Waals surface area contributed by atoms with Crippen molar-refractivity contribution in [1.82, 2.24) is 20.5 Å². The maximum absolute atomic E-state index is 13.4. The quantitative estimate of drug-likeness (QED) is 0.356. The number of aromatic nitrogens is 3. The van der Waals surface area contributed by atoms with Gasteiger partial charge in [0.1, 0.15) is 12.1 Å². The van der Waals surface area contributed by atoms with E-state index in [9.17, 15) is 4.79 Å². The molecule has 1 aliphatic rings. The van der Waals surface area contributed by atoms with Crippen molar-refractivity contribution in [2.24, 2.45) is 0 Å². The van der Waals surface area contributed by atoms with E-state index >= 15 is 0 Å². The van der Waals surface area contributed by atoms with E-state index in [0.29, 0.717) is 24.4 Å². The van der Waals surface area contributed by atoms with E-state index in [-0.39, 0.29) is 5.91 Å². The van der Waals surface area contributed by atoms with Gasteiger partial charge in [-0.15, -0.1) is 11.3 Å². The molecule has 0 saturated heterocycles. The van der Waals surface area contributed by atoms with Crippen LogP contribution in [0, 0.1) is 0 Å². The molecule has 0 saturated carbocycles. The first-order chi connectivity index (χ1) is 16.1. The number of unbranched alkanes of at least 4 members (excludes halogenated alkanes) is 1. The highest BCUT2D eigenvalue weighted by Gasteiger charge is 2.39. The number of aromatic amines is 1. The number of H-pyrrole nitrogens is 1. The fourth-order valence-corrected chi connectivity index (χ4v) is 5.39. The number of rotatable bonds is 7. The Morgan fingerprint density at radius 1 is 1.15 bits per heavy atom. The Labute approximate surface area is 196 Å². The van der Waals surface area contributed by atoms with Gasteiger partial charge in [-0.2, -0.15) is 5.10 Å². The van der Waals surface area contributed by atoms with Crippen LogP contribution in [0.15, 0.2) is 60.9 Å². The lowest BCUT2D eigenvalue weighted by Crippen LogP contribution is -2.47. The number of amides is 1. The maximum atomic E-state index is 13.4. The molecule has 1 aliphatic heterocycles. The van der Waals surface area contributed by atoms with Gasteiger partial charge in [0.15, 0.2) is 5.82 Å². The molecule has 0 fully saturated rings. The van der Waals surface area contributed by atoms with Gasteiger partial charge in [0.2, 0.25) is 0 Å². The summed E-state index contributed by atoms with van der Waals surface area (Å²) in [6.07, 6.45) is 4.20. The third kappa shape index (κ3) is 4.16. The Balaban J connectivity index is 1.54. The number of ether oxygens (including phenoxy) is 1. The molecule has 33 heavy (non-hydrogen) atoms. The lowest BCUT2D eigenvalue weighted by Gasteiger charge is -2.37. The largest absolute Gasteiger partial charge is 0.494 e. The van der Waals surface area contributed by atoms with Crippen molar-refractivity contribution in [3.8, 4) is 5.75 Å². The van der Waals surface area contributed by atoms with Crippen LogP contribution < -0.4 is 10.1 Å². The Bertz CT molecular complexity index is 1270. The van der Waals surface area contributed by atoms with Crippen LogP contribution in [0.1, 0.15) is 49.4 Å². The van der Waals surface area contributed by atoms with E-state index in [1.165, 1.54) is 16.4 Å². The molecule has 4 aromatic rings. The van der Waals surface area contributed by atoms with Crippen LogP contribution in [-0.4, -0.2) is 27.7 Å². The highest BCUT2D eigenvalue weighted by molar-refractivity contribution is 7.20. The first-order valence-electron chi connectivity index (χ1n) is 11.2. The molecule has 6 nitrogen and oxygen atoms in total. The molecule has 0 unspecified atom stereocenters. The average Bonchev–Trinajstić information content (AvgIpc) is 3.49. The van der Waals surface area contributed by atoms with Crippen molar-refractivity contribution in [2.75, 3.05) is 6.61 Å². The van der Waals surface area contributed by atoms with Crippen LogP contribution in [0.3, 0.4) is 0 Å². The minimum absolute atomic E-state index is 0.156. The van der Waals surface area contributed by atoms with Crippen LogP contribution >= 0.6 is 11.3 Å². The molecule has 0 bridgehead atoms. The molecule has 3 heterocycles. The van der Waals surface area contributed by atoms with Gasteiger partial charge in [0, 0.05) is 16.0 Å². The highest BCUT2D eigenvalue weighted by Crippen LogP contribution is 2.44. The average molecular weight is 459 g/mol. The maximum Gasteiger partial charge on any atom is 0.256 e. The van der Waals surface area contributed by atoms with Gasteiger partial charge < -0.3 is 10.1 Å². The summed E-state index contributed by atoms with van der Waals surface area (Å²) >= 11 is 1.70. The molecule has 0 aliphatic carbocycles. The van der Waals surface area contributed by atoms with E-state index < -0.39 is 5.54 Å². The van der Waals surface area contributed by atoms with Gasteiger partial charge >= 0.3 is 0 Å². The molecule has 7 heteroatoms. The highest BCUT2D eigenvalue weighted by atomic mass is 32.1. The van der Waals surface area contributed by atoms with E-state index in [2.05, 4.69) is 52.5 Å². The van der Waals surface area contributed by atoms with E-state index in [0.717, 1.165) is 34.6 Å². The number of thiophene rings is 1. The van der Waals surface area contributed by atoms with Crippen LogP contribution in [0.2, 0.25) is 0 Å². The van der Waals surface area contributed by atoms with Crippen molar-refractivity contribution in [3.63, 3.8) is 0 Å². The van der Waals surface area contributed by atoms with Gasteiger partial charge in [-0.25, -0.2) is 4.98 Å². The van der Waals surface area contributed by atoms with Crippen molar-refractivity contribution < 1.29 is 9.53 Å². The summed E-state index contributed by atoms with van der Waals surface area (Å²) in [7, 11) is 0. The molecule has 0 spiro atoms. The molecule has 0 radical (unpaired) electrons. The Hall–Kier alpha value is -3.45. The second-order valence-corrected chi connectivity index (χ2v) is 9.61. The van der Waals surface area contributed by atoms with E-state index in [1.54, 1.807) is 11.3 Å². The van der Waals surface area contributed by atoms with Gasteiger partial charge in [-0.3, -0.25) is 9.89 Å². The number of benzene rings is 2. The third-order valence-electron chi connectivity index (χ3n) is 6.08. The summed E-state index contributed by atoms with van der Waals surface area (Å²) in [6, 6.07) is 18.5. The van der Waals surface area contributed by atoms with Gasteiger partial charge in [-0.05, 0) is 54.1 Å². The molecule has 1 amide bonds. The number of nitrogens with one attached hydrogen (secondary N) is 2. The summed E-state index contributed by atoms with van der Waals surface area (Å²) in [4.78, 5) is 18.8. The molecule has 2 aromatic carbocycles. The van der Waals surface area contributed by atoms with Gasteiger partial charge in [0.25, 0.3) is 5.91 Å². The fraction of sp³-hybridized carbons (Fsp3) is 0.269. The summed E-state index contributed by atoms with van der Waals surface area (Å²) in [5.41, 5.74) is 2.00. The monoisotopic (exact) mass is 458 g/mol. The van der Waals surface area contributed by atoms with Crippen molar-refractivity contribution in [2.45, 2.75) is 38.6 Å². The number of hydrogen-bond donors (Lipinski definition) is 2. The lowest BCUT2D eigenvalue weighted by atomic mass is 9.80. The normalized spacial score (nSPS) is 18.5. The first kappa shape index (κ1) is 21.4. The molecular weight excluding hydrogens is 432 g/mol. The minimum Gasteiger partial charge on any atom is -0.494 e. The smallest absolute Gasteiger partial charge is 0.256 e. The number of carbonyl (C=O) groups excluding carboxylic acids is 1. The van der Waals surface area contributed by atoms with Gasteiger partial charge in [-0.1, -0.05) is 43.7 Å². The Morgan fingerprint density at radius 3 is 2.70 bits per heavy atom. The predicted molar refractivity (Wildman–Crippen MR) is 132 cm³/mol. The fourth-order valence-electron chi connectivity index (χ4n) is 4.28. The van der Waals surface area contributed by atoms with E-state index in [1.807, 2.05) is 36.4 Å². The molecule has 5 rings (SSSR count). The molecule has 2 N–H and O–H groups in total. The van der Waals surface area contributed by atoms with Crippen LogP contribution in [0.5, 0.6) is 5.75 Å². The topological polar surface area (TPSA) is 79.9 Å². The van der Waals surface area contributed by atoms with Gasteiger partial charge in [0.05, 0.1) is 17.7 Å². The zero-order valence-corrected chi connectivity index (χ0v) is 19.5. The minimum atomic E-state index is -0.561. The summed E-state index contributed by atoms with van der Waals surface area (Å²) in [5, 5.41) is 11.3. The number of hydrogen-bond acceptors (Lipinski definition) is 5. The van der Waals surface area contributed by atoms with Crippen molar-refractivity contribution in [1.29, 1.82) is 0 Å². The summed E-state index contributed by atoms with van der Waals surface area (Å²) < 4.78 is 7.01. The van der Waals surface area contributed by atoms with Crippen LogP contribution in [0.25, 0.3) is 21.2 Å². The SMILES string of the molecule is CCCCOc1ccc([C@]2(C)CC(c3cc4ccccc4s3)=C(c3ncn[nH]3)C(=O)N2)cc1. The number of nitrogens with zero attached hydrogens (tertiary/aromatic N) is 2. The second-order valence-electron chi connectivity index (χ2n) is 8.53. The van der Waals surface area contributed by atoms with Crippen LogP contribution in [-0.2, 0) is 10.3 Å². The number of carbonyl (C=O) groups is 1. The second kappa shape index (κ2) is 8.83. The van der Waals surface area contributed by atoms with Crippen molar-refractivity contribution in [3.05, 3.63) is 77.2 Å².